The molecule has 0 aliphatic rings. The molecule has 0 saturated carbocycles. The minimum atomic E-state index is -1.15. The molecule has 0 aliphatic heterocycles. The number of anilines is 1. The normalized spacial score (nSPS) is 11.8. The van der Waals surface area contributed by atoms with Crippen LogP contribution in [0.2, 0.25) is 0 Å². The number of benzene rings is 2. The van der Waals surface area contributed by atoms with Gasteiger partial charge < -0.3 is 25.7 Å². The second-order valence-corrected chi connectivity index (χ2v) is 8.42. The van der Waals surface area contributed by atoms with Gasteiger partial charge in [0.1, 0.15) is 17.7 Å². The molecule has 2 aromatic carbocycles. The lowest BCUT2D eigenvalue weighted by Crippen LogP contribution is -2.42. The lowest BCUT2D eigenvalue weighted by atomic mass is 9.98. The number of carboxylic acid groups (broad SMARTS) is 1. The topological polar surface area (TPSA) is 136 Å². The first-order valence-corrected chi connectivity index (χ1v) is 11.5. The van der Waals surface area contributed by atoms with Gasteiger partial charge in [-0.1, -0.05) is 31.2 Å². The summed E-state index contributed by atoms with van der Waals surface area (Å²) in [5.74, 6) is -0.756. The van der Waals surface area contributed by atoms with Gasteiger partial charge in [0, 0.05) is 29.9 Å². The van der Waals surface area contributed by atoms with E-state index in [1.165, 1.54) is 12.1 Å². The van der Waals surface area contributed by atoms with Gasteiger partial charge in [-0.05, 0) is 42.2 Å². The van der Waals surface area contributed by atoms with Gasteiger partial charge in [0.15, 0.2) is 5.95 Å². The third-order valence-corrected chi connectivity index (χ3v) is 5.83. The van der Waals surface area contributed by atoms with Gasteiger partial charge in [0.2, 0.25) is 0 Å². The number of aromatic nitrogens is 4. The van der Waals surface area contributed by atoms with Gasteiger partial charge in [0.05, 0.1) is 18.4 Å². The molecule has 5 N–H and O–H groups in total. The van der Waals surface area contributed by atoms with Gasteiger partial charge in [-0.15, -0.1) is 0 Å². The molecule has 36 heavy (non-hydrogen) atoms. The summed E-state index contributed by atoms with van der Waals surface area (Å²) < 4.78 is 13.8. The molecule has 2 heterocycles. The number of amides is 1. The minimum Gasteiger partial charge on any atom is -0.480 e. The zero-order valence-corrected chi connectivity index (χ0v) is 19.9. The zero-order chi connectivity index (χ0) is 25.7. The van der Waals surface area contributed by atoms with Gasteiger partial charge in [-0.3, -0.25) is 4.79 Å². The Morgan fingerprint density at radius 2 is 1.94 bits per heavy atom. The number of carboxylic acids is 1. The van der Waals surface area contributed by atoms with Crippen LogP contribution in [-0.4, -0.2) is 43.0 Å². The lowest BCUT2D eigenvalue weighted by Gasteiger charge is -2.17. The monoisotopic (exact) mass is 490 g/mol. The highest BCUT2D eigenvalue weighted by Crippen LogP contribution is 2.20. The van der Waals surface area contributed by atoms with Crippen LogP contribution in [-0.2, 0) is 24.2 Å². The molecule has 1 atom stereocenters. The molecule has 4 rings (SSSR count). The molecule has 9 nitrogen and oxygen atoms in total. The summed E-state index contributed by atoms with van der Waals surface area (Å²) in [5, 5.41) is 15.5. The fraction of sp³-hybridized carbons (Fsp3) is 0.231. The molecule has 0 fully saturated rings. The van der Waals surface area contributed by atoms with Crippen molar-refractivity contribution in [2.45, 2.75) is 39.3 Å². The molecule has 186 valence electrons. The number of carbonyl (C=O) groups excluding carboxylic acids is 1. The van der Waals surface area contributed by atoms with Crippen LogP contribution < -0.4 is 10.6 Å². The van der Waals surface area contributed by atoms with E-state index in [1.54, 1.807) is 37.6 Å². The number of nitrogens with zero attached hydrogens (tertiary/aromatic N) is 2. The van der Waals surface area contributed by atoms with Crippen LogP contribution in [0.25, 0.3) is 11.4 Å². The fourth-order valence-electron chi connectivity index (χ4n) is 4.02. The Balaban J connectivity index is 1.42. The van der Waals surface area contributed by atoms with Crippen molar-refractivity contribution in [1.82, 2.24) is 25.3 Å². The van der Waals surface area contributed by atoms with Crippen LogP contribution in [0.1, 0.15) is 39.7 Å². The second-order valence-electron chi connectivity index (χ2n) is 8.42. The molecule has 0 saturated heterocycles. The highest BCUT2D eigenvalue weighted by atomic mass is 19.1. The highest BCUT2D eigenvalue weighted by molar-refractivity contribution is 5.99. The molecule has 0 radical (unpaired) electrons. The molecule has 0 bridgehead atoms. The van der Waals surface area contributed by atoms with Crippen molar-refractivity contribution >= 4 is 17.8 Å². The van der Waals surface area contributed by atoms with Crippen molar-refractivity contribution in [2.24, 2.45) is 0 Å². The van der Waals surface area contributed by atoms with Crippen molar-refractivity contribution in [3.05, 3.63) is 88.8 Å². The average Bonchev–Trinajstić information content (AvgIpc) is 3.54. The molecule has 0 aliphatic carbocycles. The Kier molecular flexibility index (Phi) is 7.43. The Hall–Kier alpha value is -4.47. The van der Waals surface area contributed by atoms with Crippen molar-refractivity contribution in [2.75, 3.05) is 5.32 Å². The predicted molar refractivity (Wildman–Crippen MR) is 133 cm³/mol. The number of carbonyl (C=O) groups is 2. The molecular formula is C26H27FN6O3. The SMILES string of the molecule is CCc1cc(F)cc(C)c1C(=O)NC(Cc1ccc(-c2ncc(CNc3ncc[nH]3)[nH]2)cc1)C(=O)O. The zero-order valence-electron chi connectivity index (χ0n) is 19.9. The van der Waals surface area contributed by atoms with Gasteiger partial charge in [-0.2, -0.15) is 0 Å². The third-order valence-electron chi connectivity index (χ3n) is 5.83. The van der Waals surface area contributed by atoms with E-state index in [0.29, 0.717) is 41.4 Å². The number of rotatable bonds is 10. The molecular weight excluding hydrogens is 463 g/mol. The summed E-state index contributed by atoms with van der Waals surface area (Å²) in [4.78, 5) is 39.5. The smallest absolute Gasteiger partial charge is 0.326 e. The van der Waals surface area contributed by atoms with E-state index >= 15 is 0 Å². The van der Waals surface area contributed by atoms with E-state index in [2.05, 4.69) is 30.6 Å². The first-order valence-electron chi connectivity index (χ1n) is 11.5. The minimum absolute atomic E-state index is 0.0968. The molecule has 0 spiro atoms. The second kappa shape index (κ2) is 10.9. The van der Waals surface area contributed by atoms with Crippen LogP contribution >= 0.6 is 0 Å². The van der Waals surface area contributed by atoms with Crippen LogP contribution in [0.5, 0.6) is 0 Å². The standard InChI is InChI=1S/C26H27FN6O3/c1-3-17-12-19(27)10-15(2)22(17)24(34)33-21(25(35)36)11-16-4-6-18(7-5-16)23-30-13-20(32-23)14-31-26-28-8-9-29-26/h4-10,12-13,21H,3,11,14H2,1-2H3,(H,30,32)(H,33,34)(H,35,36)(H2,28,29,31). The van der Waals surface area contributed by atoms with Crippen LogP contribution in [0.15, 0.2) is 55.0 Å². The number of halogens is 1. The van der Waals surface area contributed by atoms with Gasteiger partial charge in [0.25, 0.3) is 5.91 Å². The van der Waals surface area contributed by atoms with E-state index in [-0.39, 0.29) is 6.42 Å². The van der Waals surface area contributed by atoms with E-state index in [9.17, 15) is 19.1 Å². The summed E-state index contributed by atoms with van der Waals surface area (Å²) in [7, 11) is 0. The van der Waals surface area contributed by atoms with E-state index in [4.69, 9.17) is 0 Å². The lowest BCUT2D eigenvalue weighted by molar-refractivity contribution is -0.139. The highest BCUT2D eigenvalue weighted by Gasteiger charge is 2.24. The Morgan fingerprint density at radius 1 is 1.17 bits per heavy atom. The van der Waals surface area contributed by atoms with Crippen molar-refractivity contribution in [3.63, 3.8) is 0 Å². The van der Waals surface area contributed by atoms with E-state index < -0.39 is 23.7 Å². The molecule has 4 aromatic rings. The summed E-state index contributed by atoms with van der Waals surface area (Å²) in [6.07, 6.45) is 5.68. The number of aryl methyl sites for hydroxylation is 2. The Morgan fingerprint density at radius 3 is 2.61 bits per heavy atom. The number of imidazole rings is 2. The van der Waals surface area contributed by atoms with Gasteiger partial charge >= 0.3 is 5.97 Å². The Bertz CT molecular complexity index is 1350. The summed E-state index contributed by atoms with van der Waals surface area (Å²) in [6, 6.07) is 8.75. The molecule has 1 amide bonds. The molecule has 10 heteroatoms. The fourth-order valence-corrected chi connectivity index (χ4v) is 4.02. The van der Waals surface area contributed by atoms with Gasteiger partial charge in [-0.25, -0.2) is 19.2 Å². The van der Waals surface area contributed by atoms with E-state index in [1.807, 2.05) is 19.1 Å². The summed E-state index contributed by atoms with van der Waals surface area (Å²) in [6.45, 7) is 3.98. The van der Waals surface area contributed by atoms with Crippen molar-refractivity contribution in [3.8, 4) is 11.4 Å². The van der Waals surface area contributed by atoms with Crippen LogP contribution in [0, 0.1) is 12.7 Å². The number of hydrogen-bond acceptors (Lipinski definition) is 5. The maximum atomic E-state index is 13.8. The quantitative estimate of drug-likeness (QED) is 0.229. The maximum Gasteiger partial charge on any atom is 0.326 e. The number of H-pyrrole nitrogens is 2. The molecule has 2 aromatic heterocycles. The Labute approximate surface area is 207 Å². The maximum absolute atomic E-state index is 13.8. The largest absolute Gasteiger partial charge is 0.480 e. The first-order chi connectivity index (χ1) is 17.3. The van der Waals surface area contributed by atoms with E-state index in [0.717, 1.165) is 16.8 Å². The number of aliphatic carboxylic acids is 1. The van der Waals surface area contributed by atoms with Crippen molar-refractivity contribution < 1.29 is 19.1 Å². The summed E-state index contributed by atoms with van der Waals surface area (Å²) >= 11 is 0. The number of aromatic amines is 2. The third kappa shape index (κ3) is 5.77. The number of nitrogens with one attached hydrogen (secondary N) is 4. The predicted octanol–water partition coefficient (Wildman–Crippen LogP) is 3.85. The van der Waals surface area contributed by atoms with Crippen LogP contribution in [0.3, 0.4) is 0 Å². The number of hydrogen-bond donors (Lipinski definition) is 5. The van der Waals surface area contributed by atoms with Crippen molar-refractivity contribution in [1.29, 1.82) is 0 Å². The molecule has 1 unspecified atom stereocenters. The van der Waals surface area contributed by atoms with Crippen LogP contribution in [0.4, 0.5) is 10.3 Å². The first kappa shape index (κ1) is 24.6. The average molecular weight is 491 g/mol. The summed E-state index contributed by atoms with van der Waals surface area (Å²) in [5.41, 5.74) is 3.78.